The lowest BCUT2D eigenvalue weighted by Crippen LogP contribution is -2.39. The lowest BCUT2D eigenvalue weighted by molar-refractivity contribution is 0.529. The van der Waals surface area contributed by atoms with Crippen LogP contribution in [0.5, 0.6) is 0 Å². The Morgan fingerprint density at radius 3 is 2.57 bits per heavy atom. The molecule has 1 saturated heterocycles. The van der Waals surface area contributed by atoms with E-state index in [2.05, 4.69) is 35.4 Å². The van der Waals surface area contributed by atoms with Gasteiger partial charge < -0.3 is 4.90 Å². The second-order valence-corrected chi connectivity index (χ2v) is 10.6. The first-order valence-corrected chi connectivity index (χ1v) is 12.0. The molecule has 0 spiro atoms. The highest BCUT2D eigenvalue weighted by molar-refractivity contribution is 7.92. The second-order valence-electron chi connectivity index (χ2n) is 7.07. The second kappa shape index (κ2) is 7.85. The summed E-state index contributed by atoms with van der Waals surface area (Å²) in [6, 6.07) is 14.8. The van der Waals surface area contributed by atoms with Crippen molar-refractivity contribution in [2.24, 2.45) is 0 Å². The van der Waals surface area contributed by atoms with Gasteiger partial charge in [-0.15, -0.1) is 11.3 Å². The van der Waals surface area contributed by atoms with Crippen molar-refractivity contribution in [2.75, 3.05) is 18.0 Å². The van der Waals surface area contributed by atoms with E-state index in [-0.39, 0.29) is 5.25 Å². The Labute approximate surface area is 174 Å². The standard InChI is InChI=1S/C21H21ClN2O2S2/c1-15-4-2-5-16(12-15)20-14-27-21(23-20)24-10-8-18(9-11-24)28(25,26)19-7-3-6-17(22)13-19/h2-7,12-14,18H,8-11H2,1H3. The van der Waals surface area contributed by atoms with E-state index in [1.54, 1.807) is 29.5 Å². The number of nitrogens with zero attached hydrogens (tertiary/aromatic N) is 2. The van der Waals surface area contributed by atoms with E-state index in [9.17, 15) is 8.42 Å². The molecule has 3 aromatic rings. The maximum absolute atomic E-state index is 12.9. The van der Waals surface area contributed by atoms with Crippen molar-refractivity contribution in [3.05, 3.63) is 64.5 Å². The van der Waals surface area contributed by atoms with Gasteiger partial charge in [0.15, 0.2) is 15.0 Å². The number of piperidine rings is 1. The molecule has 0 radical (unpaired) electrons. The van der Waals surface area contributed by atoms with E-state index in [0.29, 0.717) is 35.8 Å². The molecule has 2 heterocycles. The van der Waals surface area contributed by atoms with Crippen LogP contribution in [0.15, 0.2) is 58.8 Å². The summed E-state index contributed by atoms with van der Waals surface area (Å²) < 4.78 is 25.8. The molecule has 0 aliphatic carbocycles. The normalized spacial score (nSPS) is 15.7. The average molecular weight is 433 g/mol. The molecule has 0 saturated carbocycles. The molecular weight excluding hydrogens is 412 g/mol. The molecule has 1 aliphatic heterocycles. The topological polar surface area (TPSA) is 50.3 Å². The number of halogens is 1. The predicted molar refractivity (Wildman–Crippen MR) is 116 cm³/mol. The first-order valence-electron chi connectivity index (χ1n) is 9.20. The van der Waals surface area contributed by atoms with Gasteiger partial charge in [-0.1, -0.05) is 41.4 Å². The molecule has 0 N–H and O–H groups in total. The fourth-order valence-electron chi connectivity index (χ4n) is 3.54. The van der Waals surface area contributed by atoms with Gasteiger partial charge in [0.05, 0.1) is 15.8 Å². The Balaban J connectivity index is 1.46. The highest BCUT2D eigenvalue weighted by Crippen LogP contribution is 2.32. The van der Waals surface area contributed by atoms with Crippen LogP contribution < -0.4 is 4.90 Å². The van der Waals surface area contributed by atoms with Gasteiger partial charge in [-0.2, -0.15) is 0 Å². The Kier molecular flexibility index (Phi) is 5.45. The van der Waals surface area contributed by atoms with Crippen LogP contribution in [0.2, 0.25) is 5.02 Å². The van der Waals surface area contributed by atoms with Crippen LogP contribution in [-0.2, 0) is 9.84 Å². The lowest BCUT2D eigenvalue weighted by atomic mass is 10.1. The van der Waals surface area contributed by atoms with Crippen LogP contribution in [-0.4, -0.2) is 31.7 Å². The van der Waals surface area contributed by atoms with Crippen LogP contribution >= 0.6 is 22.9 Å². The molecule has 0 atom stereocenters. The molecule has 7 heteroatoms. The summed E-state index contributed by atoms with van der Waals surface area (Å²) >= 11 is 7.59. The monoisotopic (exact) mass is 432 g/mol. The first kappa shape index (κ1) is 19.4. The third kappa shape index (κ3) is 3.95. The maximum atomic E-state index is 12.9. The number of rotatable bonds is 4. The summed E-state index contributed by atoms with van der Waals surface area (Å²) in [5.41, 5.74) is 3.29. The fraction of sp³-hybridized carbons (Fsp3) is 0.286. The van der Waals surface area contributed by atoms with Crippen molar-refractivity contribution < 1.29 is 8.42 Å². The number of anilines is 1. The van der Waals surface area contributed by atoms with E-state index in [1.807, 2.05) is 6.07 Å². The van der Waals surface area contributed by atoms with Gasteiger partial charge in [-0.25, -0.2) is 13.4 Å². The molecule has 0 unspecified atom stereocenters. The van der Waals surface area contributed by atoms with Crippen LogP contribution in [0, 0.1) is 6.92 Å². The van der Waals surface area contributed by atoms with E-state index in [0.717, 1.165) is 16.4 Å². The highest BCUT2D eigenvalue weighted by atomic mass is 35.5. The molecule has 1 fully saturated rings. The number of aromatic nitrogens is 1. The highest BCUT2D eigenvalue weighted by Gasteiger charge is 2.32. The van der Waals surface area contributed by atoms with Gasteiger partial charge in [0.1, 0.15) is 0 Å². The molecular formula is C21H21ClN2O2S2. The largest absolute Gasteiger partial charge is 0.348 e. The maximum Gasteiger partial charge on any atom is 0.185 e. The lowest BCUT2D eigenvalue weighted by Gasteiger charge is -2.31. The summed E-state index contributed by atoms with van der Waals surface area (Å²) in [6.45, 7) is 3.44. The van der Waals surface area contributed by atoms with Crippen molar-refractivity contribution in [1.29, 1.82) is 0 Å². The minimum absolute atomic E-state index is 0.314. The minimum atomic E-state index is -3.36. The van der Waals surface area contributed by atoms with Crippen LogP contribution in [0.25, 0.3) is 11.3 Å². The first-order chi connectivity index (χ1) is 13.4. The van der Waals surface area contributed by atoms with Crippen molar-refractivity contribution >= 4 is 37.9 Å². The van der Waals surface area contributed by atoms with E-state index in [1.165, 1.54) is 11.6 Å². The zero-order valence-corrected chi connectivity index (χ0v) is 17.9. The SMILES string of the molecule is Cc1cccc(-c2csc(N3CCC(S(=O)(=O)c4cccc(Cl)c4)CC3)n2)c1. The van der Waals surface area contributed by atoms with Crippen molar-refractivity contribution in [1.82, 2.24) is 4.98 Å². The third-order valence-corrected chi connectivity index (χ3v) is 8.48. The molecule has 4 rings (SSSR count). The summed E-state index contributed by atoms with van der Waals surface area (Å²) in [7, 11) is -3.36. The number of benzene rings is 2. The van der Waals surface area contributed by atoms with Gasteiger partial charge in [0, 0.05) is 29.1 Å². The molecule has 0 bridgehead atoms. The van der Waals surface area contributed by atoms with Crippen molar-refractivity contribution in [3.63, 3.8) is 0 Å². The average Bonchev–Trinajstić information content (AvgIpc) is 3.18. The number of hydrogen-bond donors (Lipinski definition) is 0. The Morgan fingerprint density at radius 2 is 1.86 bits per heavy atom. The van der Waals surface area contributed by atoms with Crippen LogP contribution in [0.4, 0.5) is 5.13 Å². The molecule has 4 nitrogen and oxygen atoms in total. The number of hydrogen-bond acceptors (Lipinski definition) is 5. The summed E-state index contributed by atoms with van der Waals surface area (Å²) in [6.07, 6.45) is 1.18. The quantitative estimate of drug-likeness (QED) is 0.567. The predicted octanol–water partition coefficient (Wildman–Crippen LogP) is 5.21. The summed E-state index contributed by atoms with van der Waals surface area (Å²) in [5.74, 6) is 0. The minimum Gasteiger partial charge on any atom is -0.348 e. The van der Waals surface area contributed by atoms with Crippen molar-refractivity contribution in [3.8, 4) is 11.3 Å². The van der Waals surface area contributed by atoms with Gasteiger partial charge in [0.2, 0.25) is 0 Å². The zero-order valence-electron chi connectivity index (χ0n) is 15.5. The molecule has 28 heavy (non-hydrogen) atoms. The van der Waals surface area contributed by atoms with Gasteiger partial charge in [0.25, 0.3) is 0 Å². The van der Waals surface area contributed by atoms with Crippen LogP contribution in [0.3, 0.4) is 0 Å². The van der Waals surface area contributed by atoms with E-state index >= 15 is 0 Å². The molecule has 146 valence electrons. The third-order valence-electron chi connectivity index (χ3n) is 5.08. The van der Waals surface area contributed by atoms with Crippen LogP contribution in [0.1, 0.15) is 18.4 Å². The number of aryl methyl sites for hydroxylation is 1. The van der Waals surface area contributed by atoms with Crippen molar-refractivity contribution in [2.45, 2.75) is 29.9 Å². The Hall–Kier alpha value is -1.89. The summed E-state index contributed by atoms with van der Waals surface area (Å²) in [4.78, 5) is 7.28. The zero-order chi connectivity index (χ0) is 19.7. The van der Waals surface area contributed by atoms with Gasteiger partial charge in [-0.3, -0.25) is 0 Å². The molecule has 1 aromatic heterocycles. The van der Waals surface area contributed by atoms with E-state index < -0.39 is 9.84 Å². The van der Waals surface area contributed by atoms with Gasteiger partial charge in [-0.05, 0) is 44.0 Å². The van der Waals surface area contributed by atoms with E-state index in [4.69, 9.17) is 16.6 Å². The molecule has 2 aromatic carbocycles. The molecule has 1 aliphatic rings. The Morgan fingerprint density at radius 1 is 1.11 bits per heavy atom. The summed E-state index contributed by atoms with van der Waals surface area (Å²) in [5, 5.41) is 3.09. The number of thiazole rings is 1. The van der Waals surface area contributed by atoms with Gasteiger partial charge >= 0.3 is 0 Å². The smallest absolute Gasteiger partial charge is 0.185 e. The fourth-order valence-corrected chi connectivity index (χ4v) is 6.46. The number of sulfone groups is 1. The Bertz CT molecular complexity index is 1090. The molecule has 0 amide bonds.